The lowest BCUT2D eigenvalue weighted by atomic mass is 10.2. The van der Waals surface area contributed by atoms with E-state index in [9.17, 15) is 28.1 Å². The van der Waals surface area contributed by atoms with Gasteiger partial charge in [-0.15, -0.1) is 0 Å². The third-order valence-electron chi connectivity index (χ3n) is 2.46. The third kappa shape index (κ3) is 3.14. The van der Waals surface area contributed by atoms with Crippen molar-refractivity contribution in [2.45, 2.75) is 0 Å². The molecule has 0 radical (unpaired) electrons. The van der Waals surface area contributed by atoms with E-state index in [1.54, 1.807) is 0 Å². The Morgan fingerprint density at radius 1 is 1.24 bits per heavy atom. The fourth-order valence-corrected chi connectivity index (χ4v) is 1.52. The van der Waals surface area contributed by atoms with E-state index in [1.807, 2.05) is 5.32 Å². The number of hydrogen-bond acceptors (Lipinski definition) is 4. The van der Waals surface area contributed by atoms with Gasteiger partial charge in [-0.1, -0.05) is 0 Å². The van der Waals surface area contributed by atoms with E-state index in [2.05, 4.69) is 4.98 Å². The third-order valence-corrected chi connectivity index (χ3v) is 2.46. The average molecular weight is 297 g/mol. The Labute approximate surface area is 115 Å². The van der Waals surface area contributed by atoms with Crippen LogP contribution in [0.25, 0.3) is 0 Å². The van der Waals surface area contributed by atoms with Crippen LogP contribution in [0, 0.1) is 27.7 Å². The number of nitro benzene ring substituents is 1. The average Bonchev–Trinajstić information content (AvgIpc) is 2.41. The predicted molar refractivity (Wildman–Crippen MR) is 65.2 cm³/mol. The maximum absolute atomic E-state index is 13.6. The molecule has 108 valence electrons. The van der Waals surface area contributed by atoms with Gasteiger partial charge in [0.05, 0.1) is 16.6 Å². The number of carbonyl (C=O) groups excluding carboxylic acids is 1. The number of halogens is 3. The van der Waals surface area contributed by atoms with Gasteiger partial charge in [-0.25, -0.2) is 13.8 Å². The lowest BCUT2D eigenvalue weighted by molar-refractivity contribution is -0.384. The number of nitrogens with one attached hydrogen (secondary N) is 1. The standard InChI is InChI=1S/C12H6F3N3O3/c13-7-3-8(14)11(9(4-7)18(20)21)17-12(19)6-1-2-10(15)16-5-6/h1-5H,(H,17,19). The minimum atomic E-state index is -1.30. The van der Waals surface area contributed by atoms with Gasteiger partial charge in [0.2, 0.25) is 5.95 Å². The summed E-state index contributed by atoms with van der Waals surface area (Å²) < 4.78 is 39.2. The molecular weight excluding hydrogens is 291 g/mol. The van der Waals surface area contributed by atoms with Crippen molar-refractivity contribution in [1.82, 2.24) is 4.98 Å². The molecule has 1 aromatic carbocycles. The van der Waals surface area contributed by atoms with Crippen molar-refractivity contribution >= 4 is 17.3 Å². The van der Waals surface area contributed by atoms with Crippen LogP contribution in [0.5, 0.6) is 0 Å². The fourth-order valence-electron chi connectivity index (χ4n) is 1.52. The molecular formula is C12H6F3N3O3. The summed E-state index contributed by atoms with van der Waals surface area (Å²) in [5.41, 5.74) is -1.86. The smallest absolute Gasteiger partial charge is 0.298 e. The maximum Gasteiger partial charge on any atom is 0.298 e. The molecule has 0 spiro atoms. The summed E-state index contributed by atoms with van der Waals surface area (Å²) in [5.74, 6) is -4.23. The van der Waals surface area contributed by atoms with Crippen molar-refractivity contribution in [3.63, 3.8) is 0 Å². The second-order valence-electron chi connectivity index (χ2n) is 3.86. The van der Waals surface area contributed by atoms with Crippen molar-refractivity contribution < 1.29 is 22.9 Å². The van der Waals surface area contributed by atoms with E-state index in [-0.39, 0.29) is 5.56 Å². The lowest BCUT2D eigenvalue weighted by Crippen LogP contribution is -2.15. The highest BCUT2D eigenvalue weighted by molar-refractivity contribution is 6.05. The Bertz CT molecular complexity index is 720. The van der Waals surface area contributed by atoms with Crippen LogP contribution in [0.4, 0.5) is 24.5 Å². The topological polar surface area (TPSA) is 85.1 Å². The number of anilines is 1. The van der Waals surface area contributed by atoms with Gasteiger partial charge in [-0.05, 0) is 12.1 Å². The lowest BCUT2D eigenvalue weighted by Gasteiger charge is -2.07. The molecule has 0 aliphatic rings. The maximum atomic E-state index is 13.6. The van der Waals surface area contributed by atoms with E-state index in [0.29, 0.717) is 12.1 Å². The number of carbonyl (C=O) groups is 1. The van der Waals surface area contributed by atoms with E-state index >= 15 is 0 Å². The Morgan fingerprint density at radius 2 is 1.95 bits per heavy atom. The van der Waals surface area contributed by atoms with Crippen molar-refractivity contribution in [2.24, 2.45) is 0 Å². The van der Waals surface area contributed by atoms with Gasteiger partial charge in [0.15, 0.2) is 11.5 Å². The molecule has 9 heteroatoms. The van der Waals surface area contributed by atoms with Gasteiger partial charge in [0.25, 0.3) is 11.6 Å². The van der Waals surface area contributed by atoms with Crippen LogP contribution in [0.3, 0.4) is 0 Å². The number of hydrogen-bond donors (Lipinski definition) is 1. The SMILES string of the molecule is O=C(Nc1c(F)cc(F)cc1[N+](=O)[O-])c1ccc(F)nc1. The van der Waals surface area contributed by atoms with Gasteiger partial charge in [0.1, 0.15) is 5.82 Å². The number of benzene rings is 1. The summed E-state index contributed by atoms with van der Waals surface area (Å²) in [6.45, 7) is 0. The quantitative estimate of drug-likeness (QED) is 0.536. The molecule has 0 fully saturated rings. The molecule has 6 nitrogen and oxygen atoms in total. The zero-order valence-electron chi connectivity index (χ0n) is 10.1. The number of nitrogens with zero attached hydrogens (tertiary/aromatic N) is 2. The van der Waals surface area contributed by atoms with Crippen molar-refractivity contribution in [3.8, 4) is 0 Å². The normalized spacial score (nSPS) is 10.2. The van der Waals surface area contributed by atoms with Crippen molar-refractivity contribution in [1.29, 1.82) is 0 Å². The Kier molecular flexibility index (Phi) is 3.83. The van der Waals surface area contributed by atoms with E-state index in [0.717, 1.165) is 18.3 Å². The van der Waals surface area contributed by atoms with E-state index in [4.69, 9.17) is 0 Å². The molecule has 0 saturated carbocycles. The second kappa shape index (κ2) is 5.57. The molecule has 0 atom stereocenters. The van der Waals surface area contributed by atoms with Crippen LogP contribution in [0.15, 0.2) is 30.5 Å². The van der Waals surface area contributed by atoms with Crippen LogP contribution >= 0.6 is 0 Å². The molecule has 1 N–H and O–H groups in total. The zero-order chi connectivity index (χ0) is 15.6. The number of rotatable bonds is 3. The van der Waals surface area contributed by atoms with Crippen LogP contribution in [-0.4, -0.2) is 15.8 Å². The first-order valence-corrected chi connectivity index (χ1v) is 5.45. The Hall–Kier alpha value is -2.97. The molecule has 1 heterocycles. The van der Waals surface area contributed by atoms with E-state index < -0.39 is 39.8 Å². The fraction of sp³-hybridized carbons (Fsp3) is 0. The first-order chi connectivity index (χ1) is 9.88. The summed E-state index contributed by atoms with van der Waals surface area (Å²) in [7, 11) is 0. The predicted octanol–water partition coefficient (Wildman–Crippen LogP) is 2.66. The molecule has 21 heavy (non-hydrogen) atoms. The van der Waals surface area contributed by atoms with Crippen molar-refractivity contribution in [3.05, 3.63) is 63.7 Å². The molecule has 2 rings (SSSR count). The summed E-state index contributed by atoms with van der Waals surface area (Å²) in [6, 6.07) is 2.82. The number of pyridine rings is 1. The zero-order valence-corrected chi connectivity index (χ0v) is 10.1. The van der Waals surface area contributed by atoms with Crippen LogP contribution < -0.4 is 5.32 Å². The number of aromatic nitrogens is 1. The molecule has 0 saturated heterocycles. The monoisotopic (exact) mass is 297 g/mol. The molecule has 1 amide bonds. The molecule has 0 unspecified atom stereocenters. The van der Waals surface area contributed by atoms with Crippen LogP contribution in [0.1, 0.15) is 10.4 Å². The number of amides is 1. The van der Waals surface area contributed by atoms with Gasteiger partial charge in [0, 0.05) is 12.3 Å². The molecule has 0 bridgehead atoms. The molecule has 0 aliphatic carbocycles. The minimum absolute atomic E-state index is 0.144. The van der Waals surface area contributed by atoms with Gasteiger partial charge in [-0.3, -0.25) is 14.9 Å². The number of nitro groups is 1. The van der Waals surface area contributed by atoms with E-state index in [1.165, 1.54) is 0 Å². The molecule has 1 aromatic heterocycles. The Morgan fingerprint density at radius 3 is 2.52 bits per heavy atom. The van der Waals surface area contributed by atoms with Crippen LogP contribution in [0.2, 0.25) is 0 Å². The first-order valence-electron chi connectivity index (χ1n) is 5.45. The van der Waals surface area contributed by atoms with Gasteiger partial charge < -0.3 is 5.32 Å². The highest BCUT2D eigenvalue weighted by atomic mass is 19.1. The summed E-state index contributed by atoms with van der Waals surface area (Å²) in [6.07, 6.45) is 0.873. The minimum Gasteiger partial charge on any atom is -0.314 e. The summed E-state index contributed by atoms with van der Waals surface area (Å²) in [4.78, 5) is 24.7. The van der Waals surface area contributed by atoms with Crippen molar-refractivity contribution in [2.75, 3.05) is 5.32 Å². The second-order valence-corrected chi connectivity index (χ2v) is 3.86. The first kappa shape index (κ1) is 14.4. The summed E-state index contributed by atoms with van der Waals surface area (Å²) in [5, 5.41) is 12.7. The molecule has 2 aromatic rings. The highest BCUT2D eigenvalue weighted by Gasteiger charge is 2.22. The highest BCUT2D eigenvalue weighted by Crippen LogP contribution is 2.29. The molecule has 0 aliphatic heterocycles. The summed E-state index contributed by atoms with van der Waals surface area (Å²) >= 11 is 0. The van der Waals surface area contributed by atoms with Crippen LogP contribution in [-0.2, 0) is 0 Å². The van der Waals surface area contributed by atoms with Gasteiger partial charge >= 0.3 is 0 Å². The van der Waals surface area contributed by atoms with Gasteiger partial charge in [-0.2, -0.15) is 4.39 Å². The largest absolute Gasteiger partial charge is 0.314 e. The Balaban J connectivity index is 2.37.